The van der Waals surface area contributed by atoms with Gasteiger partial charge in [0.1, 0.15) is 0 Å². The van der Waals surface area contributed by atoms with Crippen molar-refractivity contribution in [3.63, 3.8) is 0 Å². The third-order valence-electron chi connectivity index (χ3n) is 3.57. The number of imide groups is 1. The second kappa shape index (κ2) is 4.19. The Labute approximate surface area is 115 Å². The Bertz CT molecular complexity index is 720. The first kappa shape index (κ1) is 12.4. The maximum absolute atomic E-state index is 12.4. The van der Waals surface area contributed by atoms with E-state index in [-0.39, 0.29) is 17.9 Å². The second-order valence-electron chi connectivity index (χ2n) is 4.87. The fourth-order valence-electron chi connectivity index (χ4n) is 2.49. The van der Waals surface area contributed by atoms with Crippen molar-refractivity contribution < 1.29 is 9.59 Å². The fraction of sp³-hybridized carbons (Fsp3) is 0.214. The zero-order chi connectivity index (χ0) is 14.4. The number of nitrogen functional groups attached to an aromatic ring is 1. The summed E-state index contributed by atoms with van der Waals surface area (Å²) in [6.45, 7) is 1.80. The molecule has 2 amide bonds. The van der Waals surface area contributed by atoms with Crippen LogP contribution in [0.2, 0.25) is 0 Å². The van der Waals surface area contributed by atoms with Gasteiger partial charge in [0.15, 0.2) is 0 Å². The molecular formula is C14H14N4O2. The van der Waals surface area contributed by atoms with Crippen LogP contribution in [-0.4, -0.2) is 26.5 Å². The third-order valence-corrected chi connectivity index (χ3v) is 3.57. The molecule has 6 nitrogen and oxygen atoms in total. The zero-order valence-corrected chi connectivity index (χ0v) is 11.2. The van der Waals surface area contributed by atoms with Gasteiger partial charge in [-0.15, -0.1) is 0 Å². The minimum absolute atomic E-state index is 0.299. The summed E-state index contributed by atoms with van der Waals surface area (Å²) in [4.78, 5) is 26.1. The summed E-state index contributed by atoms with van der Waals surface area (Å²) in [5.41, 5.74) is 7.62. The molecule has 1 aliphatic rings. The van der Waals surface area contributed by atoms with Crippen molar-refractivity contribution in [3.8, 4) is 0 Å². The van der Waals surface area contributed by atoms with E-state index in [0.29, 0.717) is 16.8 Å². The van der Waals surface area contributed by atoms with Crippen molar-refractivity contribution in [1.29, 1.82) is 0 Å². The van der Waals surface area contributed by atoms with E-state index >= 15 is 0 Å². The first-order chi connectivity index (χ1) is 9.50. The quantitative estimate of drug-likeness (QED) is 0.660. The lowest BCUT2D eigenvalue weighted by Gasteiger charge is -2.21. The minimum atomic E-state index is -0.379. The molecule has 0 aliphatic carbocycles. The number of carbonyl (C=O) groups excluding carboxylic acids is 2. The van der Waals surface area contributed by atoms with Crippen molar-refractivity contribution in [3.05, 3.63) is 47.3 Å². The molecule has 2 N–H and O–H groups in total. The molecule has 1 aliphatic heterocycles. The summed E-state index contributed by atoms with van der Waals surface area (Å²) in [7, 11) is 1.79. The number of anilines is 1. The van der Waals surface area contributed by atoms with Gasteiger partial charge >= 0.3 is 0 Å². The molecule has 0 radical (unpaired) electrons. The van der Waals surface area contributed by atoms with Crippen LogP contribution in [-0.2, 0) is 7.05 Å². The summed E-state index contributed by atoms with van der Waals surface area (Å²) in [6, 6.07) is 4.55. The number of aryl methyl sites for hydroxylation is 1. The predicted molar refractivity (Wildman–Crippen MR) is 73.0 cm³/mol. The lowest BCUT2D eigenvalue weighted by Crippen LogP contribution is -2.32. The van der Waals surface area contributed by atoms with Gasteiger partial charge in [0.05, 0.1) is 23.4 Å². The summed E-state index contributed by atoms with van der Waals surface area (Å²) >= 11 is 0. The van der Waals surface area contributed by atoms with E-state index in [9.17, 15) is 9.59 Å². The van der Waals surface area contributed by atoms with Gasteiger partial charge < -0.3 is 5.73 Å². The lowest BCUT2D eigenvalue weighted by atomic mass is 10.1. The van der Waals surface area contributed by atoms with E-state index in [4.69, 9.17) is 5.73 Å². The van der Waals surface area contributed by atoms with Crippen LogP contribution in [0.25, 0.3) is 0 Å². The highest BCUT2D eigenvalue weighted by Crippen LogP contribution is 2.33. The van der Waals surface area contributed by atoms with Crippen molar-refractivity contribution in [2.24, 2.45) is 7.05 Å². The van der Waals surface area contributed by atoms with Gasteiger partial charge in [-0.25, -0.2) is 0 Å². The molecule has 2 heterocycles. The normalized spacial score (nSPS) is 15.6. The highest BCUT2D eigenvalue weighted by molar-refractivity contribution is 6.23. The van der Waals surface area contributed by atoms with E-state index in [1.807, 2.05) is 0 Å². The van der Waals surface area contributed by atoms with E-state index in [1.54, 1.807) is 49.2 Å². The van der Waals surface area contributed by atoms with Gasteiger partial charge in [0.2, 0.25) is 0 Å². The Morgan fingerprint density at radius 1 is 1.25 bits per heavy atom. The van der Waals surface area contributed by atoms with Crippen LogP contribution in [0, 0.1) is 0 Å². The topological polar surface area (TPSA) is 81.2 Å². The van der Waals surface area contributed by atoms with Crippen LogP contribution in [0.3, 0.4) is 0 Å². The first-order valence-corrected chi connectivity index (χ1v) is 6.25. The fourth-order valence-corrected chi connectivity index (χ4v) is 2.49. The second-order valence-corrected chi connectivity index (χ2v) is 4.87. The number of aromatic nitrogens is 2. The van der Waals surface area contributed by atoms with Crippen LogP contribution in [0.15, 0.2) is 30.6 Å². The number of hydrogen-bond donors (Lipinski definition) is 1. The number of rotatable bonds is 2. The number of fused-ring (bicyclic) bond motifs is 1. The first-order valence-electron chi connectivity index (χ1n) is 6.25. The number of amides is 2. The molecule has 1 aromatic carbocycles. The SMILES string of the molecule is CC(c1cnn(C)c1)N1C(=O)c2cccc(N)c2C1=O. The van der Waals surface area contributed by atoms with Crippen molar-refractivity contribution in [2.45, 2.75) is 13.0 Å². The van der Waals surface area contributed by atoms with E-state index in [1.165, 1.54) is 4.90 Å². The maximum Gasteiger partial charge on any atom is 0.264 e. The molecule has 0 bridgehead atoms. The summed E-state index contributed by atoms with van der Waals surface area (Å²) < 4.78 is 1.64. The molecule has 0 saturated carbocycles. The van der Waals surface area contributed by atoms with Crippen molar-refractivity contribution in [1.82, 2.24) is 14.7 Å². The summed E-state index contributed by atoms with van der Waals surface area (Å²) in [6.07, 6.45) is 3.44. The molecule has 0 saturated heterocycles. The number of nitrogens with zero attached hydrogens (tertiary/aromatic N) is 3. The van der Waals surface area contributed by atoms with Gasteiger partial charge in [-0.2, -0.15) is 5.10 Å². The number of nitrogens with two attached hydrogens (primary N) is 1. The Hall–Kier alpha value is -2.63. The van der Waals surface area contributed by atoms with E-state index in [0.717, 1.165) is 5.56 Å². The molecule has 1 atom stereocenters. The van der Waals surface area contributed by atoms with Crippen LogP contribution < -0.4 is 5.73 Å². The van der Waals surface area contributed by atoms with E-state index in [2.05, 4.69) is 5.10 Å². The highest BCUT2D eigenvalue weighted by atomic mass is 16.2. The Morgan fingerprint density at radius 2 is 2.00 bits per heavy atom. The maximum atomic E-state index is 12.4. The zero-order valence-electron chi connectivity index (χ0n) is 11.2. The monoisotopic (exact) mass is 270 g/mol. The predicted octanol–water partition coefficient (Wildman–Crippen LogP) is 1.36. The van der Waals surface area contributed by atoms with Crippen LogP contribution in [0.5, 0.6) is 0 Å². The average molecular weight is 270 g/mol. The van der Waals surface area contributed by atoms with Crippen LogP contribution >= 0.6 is 0 Å². The average Bonchev–Trinajstić information content (AvgIpc) is 2.94. The lowest BCUT2D eigenvalue weighted by molar-refractivity contribution is 0.0595. The molecule has 1 unspecified atom stereocenters. The molecule has 0 fully saturated rings. The summed E-state index contributed by atoms with van der Waals surface area (Å²) in [5, 5.41) is 4.07. The molecule has 3 rings (SSSR count). The molecule has 2 aromatic rings. The minimum Gasteiger partial charge on any atom is -0.398 e. The number of benzene rings is 1. The van der Waals surface area contributed by atoms with Crippen LogP contribution in [0.4, 0.5) is 5.69 Å². The molecule has 1 aromatic heterocycles. The number of hydrogen-bond acceptors (Lipinski definition) is 4. The van der Waals surface area contributed by atoms with Gasteiger partial charge in [-0.05, 0) is 19.1 Å². The molecular weight excluding hydrogens is 256 g/mol. The Morgan fingerprint density at radius 3 is 2.60 bits per heavy atom. The standard InChI is InChI=1S/C14H14N4O2/c1-8(9-6-16-17(2)7-9)18-13(19)10-4-3-5-11(15)12(10)14(18)20/h3-8H,15H2,1-2H3. The largest absolute Gasteiger partial charge is 0.398 e. The third kappa shape index (κ3) is 1.61. The van der Waals surface area contributed by atoms with E-state index < -0.39 is 0 Å². The highest BCUT2D eigenvalue weighted by Gasteiger charge is 2.40. The van der Waals surface area contributed by atoms with Gasteiger partial charge in [0, 0.05) is 24.5 Å². The van der Waals surface area contributed by atoms with Gasteiger partial charge in [-0.3, -0.25) is 19.2 Å². The molecule has 6 heteroatoms. The summed E-state index contributed by atoms with van der Waals surface area (Å²) in [5.74, 6) is -0.659. The molecule has 0 spiro atoms. The Balaban J connectivity index is 2.04. The van der Waals surface area contributed by atoms with Crippen LogP contribution in [0.1, 0.15) is 39.2 Å². The molecule has 20 heavy (non-hydrogen) atoms. The smallest absolute Gasteiger partial charge is 0.264 e. The van der Waals surface area contributed by atoms with Gasteiger partial charge in [0.25, 0.3) is 11.8 Å². The Kier molecular flexibility index (Phi) is 2.60. The number of carbonyl (C=O) groups is 2. The van der Waals surface area contributed by atoms with Crippen molar-refractivity contribution in [2.75, 3.05) is 5.73 Å². The van der Waals surface area contributed by atoms with Gasteiger partial charge in [-0.1, -0.05) is 6.07 Å². The molecule has 102 valence electrons. The van der Waals surface area contributed by atoms with Crippen molar-refractivity contribution >= 4 is 17.5 Å².